The van der Waals surface area contributed by atoms with Gasteiger partial charge in [-0.1, -0.05) is 96.1 Å². The summed E-state index contributed by atoms with van der Waals surface area (Å²) >= 11 is 0. The lowest BCUT2D eigenvalue weighted by Crippen LogP contribution is -2.36. The van der Waals surface area contributed by atoms with E-state index in [1.165, 1.54) is 0 Å². The molecule has 3 aromatic carbocycles. The van der Waals surface area contributed by atoms with Gasteiger partial charge in [-0.25, -0.2) is 0 Å². The minimum absolute atomic E-state index is 0.352. The Hall–Kier alpha value is -3.23. The second-order valence-corrected chi connectivity index (χ2v) is 7.60. The Kier molecular flexibility index (Phi) is 5.28. The Morgan fingerprint density at radius 1 is 0.655 bits per heavy atom. The fraction of sp³-hybridized carbons (Fsp3) is 0.148. The number of benzene rings is 3. The van der Waals surface area contributed by atoms with Gasteiger partial charge in [-0.3, -0.25) is 4.98 Å². The summed E-state index contributed by atoms with van der Waals surface area (Å²) in [5.41, 5.74) is 4.62. The van der Waals surface area contributed by atoms with Crippen molar-refractivity contribution in [3.05, 3.63) is 137 Å². The van der Waals surface area contributed by atoms with Gasteiger partial charge in [0, 0.05) is 6.20 Å². The summed E-state index contributed by atoms with van der Waals surface area (Å²) < 4.78 is 0. The van der Waals surface area contributed by atoms with E-state index < -0.39 is 5.60 Å². The van der Waals surface area contributed by atoms with E-state index in [0.29, 0.717) is 0 Å². The van der Waals surface area contributed by atoms with Crippen LogP contribution in [0.4, 0.5) is 0 Å². The molecular weight excluding hydrogens is 354 g/mol. The Morgan fingerprint density at radius 2 is 1.17 bits per heavy atom. The smallest absolute Gasteiger partial charge is 0.127 e. The average molecular weight is 380 g/mol. The third-order valence-electron chi connectivity index (χ3n) is 5.52. The molecule has 29 heavy (non-hydrogen) atoms. The first-order chi connectivity index (χ1) is 14.1. The van der Waals surface area contributed by atoms with Crippen LogP contribution in [-0.4, -0.2) is 10.1 Å². The van der Waals surface area contributed by atoms with Crippen LogP contribution in [0, 0.1) is 13.8 Å². The van der Waals surface area contributed by atoms with Crippen molar-refractivity contribution in [1.29, 1.82) is 0 Å². The Morgan fingerprint density at radius 3 is 1.66 bits per heavy atom. The minimum Gasteiger partial charge on any atom is -0.379 e. The first-order valence-electron chi connectivity index (χ1n) is 9.91. The number of pyridine rings is 1. The number of rotatable bonds is 5. The van der Waals surface area contributed by atoms with Crippen molar-refractivity contribution in [3.8, 4) is 0 Å². The molecule has 4 rings (SSSR count). The van der Waals surface area contributed by atoms with E-state index in [-0.39, 0.29) is 5.92 Å². The van der Waals surface area contributed by atoms with E-state index >= 15 is 0 Å². The van der Waals surface area contributed by atoms with Crippen molar-refractivity contribution in [2.45, 2.75) is 25.4 Å². The zero-order chi connectivity index (χ0) is 20.3. The third-order valence-corrected chi connectivity index (χ3v) is 5.52. The topological polar surface area (TPSA) is 33.1 Å². The molecule has 1 aromatic heterocycles. The van der Waals surface area contributed by atoms with E-state index in [1.54, 1.807) is 6.20 Å². The van der Waals surface area contributed by atoms with Crippen LogP contribution < -0.4 is 0 Å². The molecule has 0 saturated heterocycles. The number of aliphatic hydroxyl groups is 1. The van der Waals surface area contributed by atoms with Crippen molar-refractivity contribution < 1.29 is 5.11 Å². The molecule has 0 aliphatic rings. The van der Waals surface area contributed by atoms with Gasteiger partial charge in [0.1, 0.15) is 5.60 Å². The molecule has 2 heteroatoms. The molecule has 0 fully saturated rings. The van der Waals surface area contributed by atoms with Gasteiger partial charge in [-0.15, -0.1) is 0 Å². The molecule has 1 unspecified atom stereocenters. The maximum absolute atomic E-state index is 12.5. The number of aryl methyl sites for hydroxylation is 2. The summed E-state index contributed by atoms with van der Waals surface area (Å²) in [5, 5.41) is 12.5. The SMILES string of the molecule is Cc1ccc(C(O)(c2ccc(C)cc2)C(c2ccccc2)c2ccccn2)cc1. The second kappa shape index (κ2) is 8.02. The Bertz CT molecular complexity index is 970. The number of aromatic nitrogens is 1. The Labute approximate surface area is 172 Å². The van der Waals surface area contributed by atoms with E-state index in [2.05, 4.69) is 55.2 Å². The average Bonchev–Trinajstić information content (AvgIpc) is 2.76. The molecular formula is C27H25NO. The predicted molar refractivity (Wildman–Crippen MR) is 118 cm³/mol. The van der Waals surface area contributed by atoms with E-state index in [4.69, 9.17) is 0 Å². The summed E-state index contributed by atoms with van der Waals surface area (Å²) in [5.74, 6) is -0.352. The van der Waals surface area contributed by atoms with Gasteiger partial charge in [0.05, 0.1) is 11.6 Å². The van der Waals surface area contributed by atoms with Crippen LogP contribution in [0.25, 0.3) is 0 Å². The van der Waals surface area contributed by atoms with Gasteiger partial charge in [0.25, 0.3) is 0 Å². The van der Waals surface area contributed by atoms with Crippen molar-refractivity contribution in [1.82, 2.24) is 4.98 Å². The van der Waals surface area contributed by atoms with Crippen LogP contribution in [0.3, 0.4) is 0 Å². The molecule has 0 bridgehead atoms. The molecule has 0 amide bonds. The molecule has 0 aliphatic carbocycles. The summed E-state index contributed by atoms with van der Waals surface area (Å²) in [6.45, 7) is 4.12. The number of nitrogens with zero attached hydrogens (tertiary/aromatic N) is 1. The fourth-order valence-electron chi connectivity index (χ4n) is 3.93. The van der Waals surface area contributed by atoms with Crippen LogP contribution in [0.2, 0.25) is 0 Å². The monoisotopic (exact) mass is 379 g/mol. The normalized spacial score (nSPS) is 12.5. The van der Waals surface area contributed by atoms with Crippen LogP contribution in [-0.2, 0) is 5.60 Å². The highest BCUT2D eigenvalue weighted by atomic mass is 16.3. The quantitative estimate of drug-likeness (QED) is 0.478. The second-order valence-electron chi connectivity index (χ2n) is 7.60. The lowest BCUT2D eigenvalue weighted by molar-refractivity contribution is 0.0612. The summed E-state index contributed by atoms with van der Waals surface area (Å²) in [6, 6.07) is 32.3. The van der Waals surface area contributed by atoms with E-state index in [9.17, 15) is 5.11 Å². The zero-order valence-corrected chi connectivity index (χ0v) is 16.8. The van der Waals surface area contributed by atoms with Crippen molar-refractivity contribution >= 4 is 0 Å². The van der Waals surface area contributed by atoms with Crippen molar-refractivity contribution in [2.24, 2.45) is 0 Å². The lowest BCUT2D eigenvalue weighted by Gasteiger charge is -2.37. The maximum Gasteiger partial charge on any atom is 0.127 e. The van der Waals surface area contributed by atoms with Gasteiger partial charge < -0.3 is 5.11 Å². The molecule has 0 radical (unpaired) electrons. The lowest BCUT2D eigenvalue weighted by atomic mass is 9.71. The van der Waals surface area contributed by atoms with Gasteiger partial charge in [-0.05, 0) is 42.7 Å². The molecule has 1 heterocycles. The number of hydrogen-bond donors (Lipinski definition) is 1. The Balaban J connectivity index is 2.01. The third kappa shape index (κ3) is 3.72. The first-order valence-corrected chi connectivity index (χ1v) is 9.91. The summed E-state index contributed by atoms with van der Waals surface area (Å²) in [7, 11) is 0. The van der Waals surface area contributed by atoms with Crippen LogP contribution >= 0.6 is 0 Å². The molecule has 4 aromatic rings. The van der Waals surface area contributed by atoms with Gasteiger partial charge in [0.2, 0.25) is 0 Å². The van der Waals surface area contributed by atoms with Gasteiger partial charge in [-0.2, -0.15) is 0 Å². The van der Waals surface area contributed by atoms with Crippen LogP contribution in [0.15, 0.2) is 103 Å². The largest absolute Gasteiger partial charge is 0.379 e. The molecule has 0 spiro atoms. The highest BCUT2D eigenvalue weighted by Gasteiger charge is 2.42. The predicted octanol–water partition coefficient (Wildman–Crippen LogP) is 5.77. The van der Waals surface area contributed by atoms with Crippen molar-refractivity contribution in [2.75, 3.05) is 0 Å². The molecule has 1 atom stereocenters. The molecule has 0 saturated carbocycles. The first kappa shape index (κ1) is 19.1. The van der Waals surface area contributed by atoms with Gasteiger partial charge >= 0.3 is 0 Å². The van der Waals surface area contributed by atoms with Gasteiger partial charge in [0.15, 0.2) is 0 Å². The molecule has 144 valence electrons. The van der Waals surface area contributed by atoms with E-state index in [1.807, 2.05) is 60.7 Å². The molecule has 2 nitrogen and oxygen atoms in total. The minimum atomic E-state index is -1.27. The van der Waals surface area contributed by atoms with Crippen molar-refractivity contribution in [3.63, 3.8) is 0 Å². The standard InChI is InChI=1S/C27H25NO/c1-20-11-15-23(16-12-20)27(29,24-17-13-21(2)14-18-24)26(22-8-4-3-5-9-22)25-10-6-7-19-28-25/h3-19,26,29H,1-2H3. The van der Waals surface area contributed by atoms with Crippen LogP contribution in [0.1, 0.15) is 39.4 Å². The highest BCUT2D eigenvalue weighted by molar-refractivity contribution is 5.47. The number of hydrogen-bond acceptors (Lipinski definition) is 2. The summed E-state index contributed by atoms with van der Waals surface area (Å²) in [6.07, 6.45) is 1.79. The fourth-order valence-corrected chi connectivity index (χ4v) is 3.93. The molecule has 0 aliphatic heterocycles. The maximum atomic E-state index is 12.5. The summed E-state index contributed by atoms with van der Waals surface area (Å²) in [4.78, 5) is 4.65. The highest BCUT2D eigenvalue weighted by Crippen LogP contribution is 2.45. The molecule has 1 N–H and O–H groups in total. The zero-order valence-electron chi connectivity index (χ0n) is 16.8. The van der Waals surface area contributed by atoms with E-state index in [0.717, 1.165) is 33.5 Å². The van der Waals surface area contributed by atoms with Crippen LogP contribution in [0.5, 0.6) is 0 Å².